The number of methoxy groups -OCH3 is 1. The highest BCUT2D eigenvalue weighted by Gasteiger charge is 2.33. The molecule has 0 radical (unpaired) electrons. The van der Waals surface area contributed by atoms with Crippen LogP contribution in [-0.2, 0) is 30.4 Å². The smallest absolute Gasteiger partial charge is 0.414 e. The van der Waals surface area contributed by atoms with Gasteiger partial charge >= 0.3 is 18.2 Å². The zero-order valence-corrected chi connectivity index (χ0v) is 24.9. The fraction of sp³-hybridized carbons (Fsp3) is 0.400. The van der Waals surface area contributed by atoms with Crippen molar-refractivity contribution in [2.45, 2.75) is 44.4 Å². The molecule has 2 aliphatic rings. The molecule has 14 nitrogen and oxygen atoms in total. The van der Waals surface area contributed by atoms with E-state index in [1.807, 2.05) is 0 Å². The molecule has 2 amide bonds. The van der Waals surface area contributed by atoms with E-state index in [1.54, 1.807) is 60.7 Å². The van der Waals surface area contributed by atoms with Crippen LogP contribution in [0.3, 0.4) is 0 Å². The van der Waals surface area contributed by atoms with Crippen LogP contribution >= 0.6 is 0 Å². The number of hydrogen-bond donors (Lipinski definition) is 1. The molecule has 15 heteroatoms. The van der Waals surface area contributed by atoms with E-state index in [0.29, 0.717) is 47.7 Å². The predicted octanol–water partition coefficient (Wildman–Crippen LogP) is 3.55. The first kappa shape index (κ1) is 31.4. The van der Waals surface area contributed by atoms with Gasteiger partial charge in [0.15, 0.2) is 0 Å². The summed E-state index contributed by atoms with van der Waals surface area (Å²) in [5.74, 6) is -0.836. The SMILES string of the molecule is COC(=O)N(C)CCCCCC(=O)OC[C@@H]1C=C(c2ccc(-c3ccc(N4C[C@H](Cn5ccnn5)OC4=O)cc3F)cn2)NO1. The molecule has 4 heterocycles. The molecular weight excluding hydrogens is 589 g/mol. The number of aromatic nitrogens is 4. The fourth-order valence-corrected chi connectivity index (χ4v) is 4.89. The van der Waals surface area contributed by atoms with Gasteiger partial charge in [0.25, 0.3) is 0 Å². The molecular formula is C30H34FN7O7. The quantitative estimate of drug-likeness (QED) is 0.169. The highest BCUT2D eigenvalue weighted by molar-refractivity contribution is 5.90. The first-order chi connectivity index (χ1) is 21.8. The molecule has 238 valence electrons. The van der Waals surface area contributed by atoms with Gasteiger partial charge in [-0.15, -0.1) is 5.10 Å². The second-order valence-corrected chi connectivity index (χ2v) is 10.6. The molecule has 1 aromatic carbocycles. The van der Waals surface area contributed by atoms with E-state index in [4.69, 9.17) is 14.3 Å². The molecule has 2 aromatic heterocycles. The Bertz CT molecular complexity index is 1520. The molecule has 1 saturated heterocycles. The summed E-state index contributed by atoms with van der Waals surface area (Å²) >= 11 is 0. The van der Waals surface area contributed by atoms with Crippen LogP contribution < -0.4 is 10.4 Å². The number of unbranched alkanes of at least 4 members (excludes halogenated alkanes) is 2. The Morgan fingerprint density at radius 2 is 2.07 bits per heavy atom. The number of carbonyl (C=O) groups excluding carboxylic acids is 3. The van der Waals surface area contributed by atoms with Gasteiger partial charge in [-0.05, 0) is 43.2 Å². The second-order valence-electron chi connectivity index (χ2n) is 10.6. The number of hydroxylamine groups is 1. The number of pyridine rings is 1. The van der Waals surface area contributed by atoms with Crippen LogP contribution in [0.1, 0.15) is 31.4 Å². The van der Waals surface area contributed by atoms with Gasteiger partial charge in [0.1, 0.15) is 24.6 Å². The molecule has 1 N–H and O–H groups in total. The van der Waals surface area contributed by atoms with Gasteiger partial charge in [0.2, 0.25) is 0 Å². The summed E-state index contributed by atoms with van der Waals surface area (Å²) in [6.07, 6.45) is 7.11. The van der Waals surface area contributed by atoms with E-state index in [-0.39, 0.29) is 31.6 Å². The average Bonchev–Trinajstić information content (AvgIpc) is 3.81. The van der Waals surface area contributed by atoms with E-state index in [1.165, 1.54) is 23.0 Å². The minimum absolute atomic E-state index is 0.0435. The van der Waals surface area contributed by atoms with Crippen molar-refractivity contribution >= 4 is 29.5 Å². The lowest BCUT2D eigenvalue weighted by Crippen LogP contribution is -2.27. The maximum Gasteiger partial charge on any atom is 0.414 e. The molecule has 1 fully saturated rings. The summed E-state index contributed by atoms with van der Waals surface area (Å²) < 4.78 is 32.1. The maximum absolute atomic E-state index is 15.2. The number of benzene rings is 1. The van der Waals surface area contributed by atoms with Crippen LogP contribution in [0.2, 0.25) is 0 Å². The van der Waals surface area contributed by atoms with Crippen LogP contribution in [0.5, 0.6) is 0 Å². The third-order valence-corrected chi connectivity index (χ3v) is 7.29. The third kappa shape index (κ3) is 8.12. The Morgan fingerprint density at radius 3 is 2.80 bits per heavy atom. The van der Waals surface area contributed by atoms with Crippen molar-refractivity contribution in [2.75, 3.05) is 38.8 Å². The second kappa shape index (κ2) is 14.6. The number of hydrogen-bond acceptors (Lipinski definition) is 11. The third-order valence-electron chi connectivity index (χ3n) is 7.29. The van der Waals surface area contributed by atoms with E-state index >= 15 is 4.39 Å². The lowest BCUT2D eigenvalue weighted by Gasteiger charge is -2.14. The van der Waals surface area contributed by atoms with E-state index in [0.717, 1.165) is 12.8 Å². The Morgan fingerprint density at radius 1 is 1.20 bits per heavy atom. The minimum atomic E-state index is -0.553. The number of halogens is 1. The summed E-state index contributed by atoms with van der Waals surface area (Å²) in [5, 5.41) is 7.62. The van der Waals surface area contributed by atoms with Gasteiger partial charge in [-0.1, -0.05) is 17.7 Å². The van der Waals surface area contributed by atoms with Gasteiger partial charge in [-0.2, -0.15) is 0 Å². The standard InChI is InChI=1S/C30H34FN7O7/c1-36(29(40)42-2)12-5-3-4-6-28(39)43-19-22-15-27(34-45-22)26-10-7-20(16-32-26)24-9-8-21(14-25(24)31)38-18-23(44-30(38)41)17-37-13-11-33-35-37/h7-11,13-16,22-23,34H,3-6,12,17-19H2,1-2H3/t22-,23-/m0/s1. The lowest BCUT2D eigenvalue weighted by atomic mass is 10.1. The summed E-state index contributed by atoms with van der Waals surface area (Å²) in [6.45, 7) is 1.21. The normalized spacial score (nSPS) is 17.4. The molecule has 2 aliphatic heterocycles. The van der Waals surface area contributed by atoms with E-state index in [9.17, 15) is 14.4 Å². The van der Waals surface area contributed by atoms with Crippen molar-refractivity contribution in [1.29, 1.82) is 0 Å². The van der Waals surface area contributed by atoms with Gasteiger partial charge < -0.3 is 19.1 Å². The molecule has 3 aromatic rings. The molecule has 45 heavy (non-hydrogen) atoms. The summed E-state index contributed by atoms with van der Waals surface area (Å²) in [6, 6.07) is 8.02. The number of esters is 1. The summed E-state index contributed by atoms with van der Waals surface area (Å²) in [7, 11) is 3.00. The molecule has 0 saturated carbocycles. The first-order valence-corrected chi connectivity index (χ1v) is 14.5. The van der Waals surface area contributed by atoms with Crippen LogP contribution in [0.25, 0.3) is 16.8 Å². The number of carbonyl (C=O) groups is 3. The zero-order valence-electron chi connectivity index (χ0n) is 24.9. The molecule has 0 bridgehead atoms. The number of rotatable bonds is 13. The number of nitrogens with one attached hydrogen (secondary N) is 1. The zero-order chi connectivity index (χ0) is 31.8. The lowest BCUT2D eigenvalue weighted by molar-refractivity contribution is -0.147. The van der Waals surface area contributed by atoms with Crippen molar-refractivity contribution in [1.82, 2.24) is 30.4 Å². The first-order valence-electron chi connectivity index (χ1n) is 14.5. The molecule has 0 aliphatic carbocycles. The van der Waals surface area contributed by atoms with E-state index < -0.39 is 24.1 Å². The largest absolute Gasteiger partial charge is 0.462 e. The van der Waals surface area contributed by atoms with Crippen molar-refractivity contribution in [2.24, 2.45) is 0 Å². The molecule has 0 spiro atoms. The Hall–Kier alpha value is -5.05. The van der Waals surface area contributed by atoms with Crippen LogP contribution in [0.4, 0.5) is 19.7 Å². The number of amides is 2. The number of cyclic esters (lactones) is 1. The monoisotopic (exact) mass is 623 g/mol. The molecule has 2 atom stereocenters. The molecule has 5 rings (SSSR count). The number of ether oxygens (including phenoxy) is 3. The molecule has 0 unspecified atom stereocenters. The van der Waals surface area contributed by atoms with Gasteiger partial charge in [0.05, 0.1) is 43.5 Å². The Kier molecular flexibility index (Phi) is 10.2. The highest BCUT2D eigenvalue weighted by atomic mass is 19.1. The van der Waals surface area contributed by atoms with Crippen molar-refractivity contribution in [3.05, 3.63) is 66.5 Å². The number of nitrogens with zero attached hydrogens (tertiary/aromatic N) is 6. The van der Waals surface area contributed by atoms with Gasteiger partial charge in [-0.3, -0.25) is 25.0 Å². The predicted molar refractivity (Wildman–Crippen MR) is 158 cm³/mol. The van der Waals surface area contributed by atoms with Crippen molar-refractivity contribution in [3.63, 3.8) is 0 Å². The maximum atomic E-state index is 15.2. The number of anilines is 1. The highest BCUT2D eigenvalue weighted by Crippen LogP contribution is 2.30. The fourth-order valence-electron chi connectivity index (χ4n) is 4.89. The Labute approximate surface area is 258 Å². The topological polar surface area (TPSA) is 150 Å². The summed E-state index contributed by atoms with van der Waals surface area (Å²) in [4.78, 5) is 48.7. The van der Waals surface area contributed by atoms with Gasteiger partial charge in [0, 0.05) is 43.5 Å². The van der Waals surface area contributed by atoms with E-state index in [2.05, 4.69) is 25.5 Å². The average molecular weight is 624 g/mol. The van der Waals surface area contributed by atoms with Crippen LogP contribution in [0.15, 0.2) is 55.0 Å². The Balaban J connectivity index is 1.08. The van der Waals surface area contributed by atoms with Gasteiger partial charge in [-0.25, -0.2) is 18.7 Å². The van der Waals surface area contributed by atoms with Crippen molar-refractivity contribution < 1.29 is 37.8 Å². The van der Waals surface area contributed by atoms with Crippen LogP contribution in [0, 0.1) is 5.82 Å². The van der Waals surface area contributed by atoms with Crippen LogP contribution in [-0.4, -0.2) is 89.1 Å². The van der Waals surface area contributed by atoms with Crippen molar-refractivity contribution in [3.8, 4) is 11.1 Å². The minimum Gasteiger partial charge on any atom is -0.462 e. The summed E-state index contributed by atoms with van der Waals surface area (Å²) in [5.41, 5.74) is 5.23.